The Labute approximate surface area is 144 Å². The maximum atomic E-state index is 13.1. The summed E-state index contributed by atoms with van der Waals surface area (Å²) in [5.41, 5.74) is 0.496. The van der Waals surface area contributed by atoms with E-state index in [4.69, 9.17) is 0 Å². The molecule has 1 N–H and O–H groups in total. The van der Waals surface area contributed by atoms with E-state index < -0.39 is 5.66 Å². The molecule has 2 aromatic heterocycles. The second-order valence-electron chi connectivity index (χ2n) is 5.92. The summed E-state index contributed by atoms with van der Waals surface area (Å²) in [5.74, 6) is -0.168. The monoisotopic (exact) mass is 344 g/mol. The molecule has 126 valence electrons. The highest BCUT2D eigenvalue weighted by molar-refractivity contribution is 7.99. The quantitative estimate of drug-likeness (QED) is 0.844. The van der Waals surface area contributed by atoms with Crippen LogP contribution in [-0.4, -0.2) is 20.4 Å². The van der Waals surface area contributed by atoms with Crippen LogP contribution in [0.1, 0.15) is 49.2 Å². The average molecular weight is 344 g/mol. The number of amides is 1. The van der Waals surface area contributed by atoms with Gasteiger partial charge in [-0.2, -0.15) is 0 Å². The van der Waals surface area contributed by atoms with E-state index in [0.29, 0.717) is 22.0 Å². The van der Waals surface area contributed by atoms with E-state index in [-0.39, 0.29) is 11.5 Å². The number of hydrogen-bond acceptors (Lipinski definition) is 5. The Balaban J connectivity index is 2.17. The molecular formula is C17H20N4O2S. The number of carbonyl (C=O) groups is 1. The molecule has 0 aliphatic carbocycles. The van der Waals surface area contributed by atoms with Crippen LogP contribution in [0, 0.1) is 6.92 Å². The Kier molecular flexibility index (Phi) is 4.45. The molecule has 0 saturated heterocycles. The smallest absolute Gasteiger partial charge is 0.270 e. The minimum Gasteiger partial charge on any atom is -0.327 e. The molecular weight excluding hydrogens is 324 g/mol. The van der Waals surface area contributed by atoms with Crippen LogP contribution in [0.2, 0.25) is 0 Å². The molecule has 3 heterocycles. The van der Waals surface area contributed by atoms with Gasteiger partial charge in [0.05, 0.1) is 4.90 Å². The van der Waals surface area contributed by atoms with Crippen molar-refractivity contribution in [2.24, 2.45) is 0 Å². The van der Waals surface area contributed by atoms with Gasteiger partial charge in [-0.25, -0.2) is 9.97 Å². The van der Waals surface area contributed by atoms with Crippen LogP contribution in [0.15, 0.2) is 39.4 Å². The van der Waals surface area contributed by atoms with Gasteiger partial charge in [-0.05, 0) is 37.5 Å². The molecule has 6 nitrogen and oxygen atoms in total. The van der Waals surface area contributed by atoms with E-state index in [1.807, 2.05) is 13.8 Å². The lowest BCUT2D eigenvalue weighted by molar-refractivity contribution is 0.0905. The Morgan fingerprint density at radius 1 is 1.33 bits per heavy atom. The van der Waals surface area contributed by atoms with Gasteiger partial charge in [0, 0.05) is 6.20 Å². The zero-order valence-electron chi connectivity index (χ0n) is 14.0. The normalized spacial score (nSPS) is 19.2. The minimum absolute atomic E-state index is 0.145. The van der Waals surface area contributed by atoms with Gasteiger partial charge < -0.3 is 5.32 Å². The van der Waals surface area contributed by atoms with Crippen molar-refractivity contribution < 1.29 is 4.79 Å². The molecule has 1 aliphatic heterocycles. The third kappa shape index (κ3) is 2.62. The topological polar surface area (TPSA) is 76.9 Å². The van der Waals surface area contributed by atoms with Crippen molar-refractivity contribution in [2.75, 3.05) is 0 Å². The Morgan fingerprint density at radius 2 is 2.12 bits per heavy atom. The standard InChI is InChI=1S/C17H20N4O2S/c1-4-7-17(5-2)20-15(22)14-11(3)9-12(16(23)21(14)17)24-13-6-8-18-10-19-13/h6,8-10H,4-5,7H2,1-3H3,(H,20,22). The Hall–Kier alpha value is -2.15. The van der Waals surface area contributed by atoms with E-state index in [0.717, 1.165) is 18.4 Å². The highest BCUT2D eigenvalue weighted by Gasteiger charge is 2.42. The Morgan fingerprint density at radius 3 is 2.75 bits per heavy atom. The van der Waals surface area contributed by atoms with Crippen molar-refractivity contribution in [3.63, 3.8) is 0 Å². The lowest BCUT2D eigenvalue weighted by Gasteiger charge is -2.30. The van der Waals surface area contributed by atoms with E-state index in [9.17, 15) is 9.59 Å². The summed E-state index contributed by atoms with van der Waals surface area (Å²) in [7, 11) is 0. The molecule has 2 aromatic rings. The van der Waals surface area contributed by atoms with Crippen molar-refractivity contribution in [3.8, 4) is 0 Å². The second kappa shape index (κ2) is 6.39. The van der Waals surface area contributed by atoms with Gasteiger partial charge in [-0.3, -0.25) is 14.2 Å². The fraction of sp³-hybridized carbons (Fsp3) is 0.412. The minimum atomic E-state index is -0.634. The van der Waals surface area contributed by atoms with Crippen LogP contribution >= 0.6 is 11.8 Å². The lowest BCUT2D eigenvalue weighted by atomic mass is 10.0. The number of fused-ring (bicyclic) bond motifs is 1. The van der Waals surface area contributed by atoms with Gasteiger partial charge in [0.1, 0.15) is 22.7 Å². The predicted molar refractivity (Wildman–Crippen MR) is 92.2 cm³/mol. The predicted octanol–water partition coefficient (Wildman–Crippen LogP) is 2.70. The molecule has 1 atom stereocenters. The van der Waals surface area contributed by atoms with Gasteiger partial charge in [-0.1, -0.05) is 32.0 Å². The first-order chi connectivity index (χ1) is 11.5. The summed E-state index contributed by atoms with van der Waals surface area (Å²) in [5, 5.41) is 3.75. The van der Waals surface area contributed by atoms with Gasteiger partial charge in [0.25, 0.3) is 11.5 Å². The molecule has 1 amide bonds. The first-order valence-electron chi connectivity index (χ1n) is 8.06. The molecule has 0 fully saturated rings. The summed E-state index contributed by atoms with van der Waals surface area (Å²) in [6.45, 7) is 5.92. The van der Waals surface area contributed by atoms with Crippen LogP contribution in [-0.2, 0) is 5.66 Å². The van der Waals surface area contributed by atoms with E-state index in [1.54, 1.807) is 22.9 Å². The Bertz CT molecular complexity index is 834. The van der Waals surface area contributed by atoms with Gasteiger partial charge in [0.15, 0.2) is 0 Å². The van der Waals surface area contributed by atoms with Crippen molar-refractivity contribution in [3.05, 3.63) is 46.3 Å². The first-order valence-corrected chi connectivity index (χ1v) is 8.87. The van der Waals surface area contributed by atoms with Crippen LogP contribution in [0.5, 0.6) is 0 Å². The summed E-state index contributed by atoms with van der Waals surface area (Å²) in [6, 6.07) is 3.54. The summed E-state index contributed by atoms with van der Waals surface area (Å²) in [4.78, 5) is 34.2. The number of aromatic nitrogens is 3. The van der Waals surface area contributed by atoms with Crippen LogP contribution in [0.25, 0.3) is 0 Å². The van der Waals surface area contributed by atoms with Crippen molar-refractivity contribution in [2.45, 2.75) is 55.6 Å². The highest BCUT2D eigenvalue weighted by Crippen LogP contribution is 2.33. The molecule has 0 bridgehead atoms. The maximum Gasteiger partial charge on any atom is 0.270 e. The fourth-order valence-corrected chi connectivity index (χ4v) is 4.13. The molecule has 1 aliphatic rings. The van der Waals surface area contributed by atoms with Crippen molar-refractivity contribution >= 4 is 17.7 Å². The molecule has 0 saturated carbocycles. The number of hydrogen-bond donors (Lipinski definition) is 1. The van der Waals surface area contributed by atoms with Crippen molar-refractivity contribution in [1.29, 1.82) is 0 Å². The number of nitrogens with zero attached hydrogens (tertiary/aromatic N) is 3. The molecule has 0 aromatic carbocycles. The molecule has 24 heavy (non-hydrogen) atoms. The SMILES string of the molecule is CCCC1(CC)NC(=O)c2c(C)cc(Sc3ccncn3)c(=O)n21. The van der Waals surface area contributed by atoms with E-state index in [2.05, 4.69) is 22.2 Å². The third-order valence-corrected chi connectivity index (χ3v) is 5.33. The van der Waals surface area contributed by atoms with Gasteiger partial charge in [-0.15, -0.1) is 0 Å². The molecule has 3 rings (SSSR count). The van der Waals surface area contributed by atoms with Crippen LogP contribution in [0.4, 0.5) is 0 Å². The summed E-state index contributed by atoms with van der Waals surface area (Å²) < 4.78 is 1.66. The largest absolute Gasteiger partial charge is 0.327 e. The number of aryl methyl sites for hydroxylation is 1. The van der Waals surface area contributed by atoms with Crippen molar-refractivity contribution in [1.82, 2.24) is 19.9 Å². The number of carbonyl (C=O) groups excluding carboxylic acids is 1. The number of pyridine rings is 1. The fourth-order valence-electron chi connectivity index (χ4n) is 3.27. The average Bonchev–Trinajstić information content (AvgIpc) is 2.87. The molecule has 0 radical (unpaired) electrons. The summed E-state index contributed by atoms with van der Waals surface area (Å²) >= 11 is 1.30. The zero-order chi connectivity index (χ0) is 17.3. The van der Waals surface area contributed by atoms with E-state index in [1.165, 1.54) is 18.1 Å². The number of rotatable bonds is 5. The molecule has 7 heteroatoms. The van der Waals surface area contributed by atoms with Gasteiger partial charge >= 0.3 is 0 Å². The lowest BCUT2D eigenvalue weighted by Crippen LogP contribution is -2.47. The molecule has 1 unspecified atom stereocenters. The number of nitrogens with one attached hydrogen (secondary N) is 1. The first kappa shape index (κ1) is 16.7. The zero-order valence-corrected chi connectivity index (χ0v) is 14.8. The van der Waals surface area contributed by atoms with Crippen LogP contribution in [0.3, 0.4) is 0 Å². The highest BCUT2D eigenvalue weighted by atomic mass is 32.2. The van der Waals surface area contributed by atoms with Gasteiger partial charge in [0.2, 0.25) is 0 Å². The summed E-state index contributed by atoms with van der Waals surface area (Å²) in [6.07, 6.45) is 5.37. The maximum absolute atomic E-state index is 13.1. The second-order valence-corrected chi connectivity index (χ2v) is 6.98. The van der Waals surface area contributed by atoms with Crippen LogP contribution < -0.4 is 10.9 Å². The third-order valence-electron chi connectivity index (χ3n) is 4.37. The van der Waals surface area contributed by atoms with E-state index >= 15 is 0 Å². The molecule has 0 spiro atoms.